The maximum atomic E-state index is 11.1. The van der Waals surface area contributed by atoms with Crippen LogP contribution in [0.4, 0.5) is 0 Å². The first-order valence-corrected chi connectivity index (χ1v) is 8.33. The van der Waals surface area contributed by atoms with E-state index >= 15 is 0 Å². The molecule has 0 radical (unpaired) electrons. The van der Waals surface area contributed by atoms with Gasteiger partial charge in [0.1, 0.15) is 5.75 Å². The van der Waals surface area contributed by atoms with Gasteiger partial charge in [0.2, 0.25) is 0 Å². The van der Waals surface area contributed by atoms with Crippen molar-refractivity contribution in [1.29, 1.82) is 0 Å². The number of ether oxygens (including phenoxy) is 2. The Labute approximate surface area is 167 Å². The second kappa shape index (κ2) is 13.7. The molecule has 1 unspecified atom stereocenters. The van der Waals surface area contributed by atoms with Crippen LogP contribution in [0.5, 0.6) is 5.75 Å². The standard InChI is InChI=1S/C18H29N3O3.HI/c1-5-19-18(21-13-11-17(22)24-4)20-12-10-14(2)15-6-8-16(23-3)9-7-15;/h6-9,14H,5,10-13H2,1-4H3,(H2,19,20,21);1H. The number of nitrogens with one attached hydrogen (secondary N) is 2. The zero-order chi connectivity index (χ0) is 17.8. The molecule has 0 aromatic heterocycles. The van der Waals surface area contributed by atoms with Crippen LogP contribution in [0.1, 0.15) is 38.2 Å². The third kappa shape index (κ3) is 9.52. The van der Waals surface area contributed by atoms with E-state index in [2.05, 4.69) is 39.4 Å². The second-order valence-corrected chi connectivity index (χ2v) is 5.48. The lowest BCUT2D eigenvalue weighted by Crippen LogP contribution is -2.38. The van der Waals surface area contributed by atoms with E-state index in [9.17, 15) is 4.79 Å². The minimum atomic E-state index is -0.230. The summed E-state index contributed by atoms with van der Waals surface area (Å²) in [5, 5.41) is 6.31. The molecule has 0 bridgehead atoms. The van der Waals surface area contributed by atoms with Gasteiger partial charge in [-0.2, -0.15) is 0 Å². The Morgan fingerprint density at radius 3 is 2.44 bits per heavy atom. The number of methoxy groups -OCH3 is 2. The quantitative estimate of drug-likeness (QED) is 0.255. The smallest absolute Gasteiger partial charge is 0.307 e. The van der Waals surface area contributed by atoms with Gasteiger partial charge in [-0.3, -0.25) is 9.79 Å². The number of aliphatic imine (C=N–C) groups is 1. The van der Waals surface area contributed by atoms with Crippen molar-refractivity contribution in [1.82, 2.24) is 10.6 Å². The lowest BCUT2D eigenvalue weighted by molar-refractivity contribution is -0.140. The number of benzene rings is 1. The lowest BCUT2D eigenvalue weighted by atomic mass is 9.98. The van der Waals surface area contributed by atoms with Crippen LogP contribution in [0.15, 0.2) is 29.3 Å². The van der Waals surface area contributed by atoms with Gasteiger partial charge in [-0.1, -0.05) is 19.1 Å². The van der Waals surface area contributed by atoms with Gasteiger partial charge in [0.05, 0.1) is 20.6 Å². The van der Waals surface area contributed by atoms with Gasteiger partial charge in [0.15, 0.2) is 5.96 Å². The zero-order valence-corrected chi connectivity index (χ0v) is 17.8. The minimum absolute atomic E-state index is 0. The molecular formula is C18H30IN3O3. The second-order valence-electron chi connectivity index (χ2n) is 5.48. The van der Waals surface area contributed by atoms with E-state index in [0.29, 0.717) is 25.4 Å². The predicted molar refractivity (Wildman–Crippen MR) is 112 cm³/mol. The molecule has 0 fully saturated rings. The molecule has 25 heavy (non-hydrogen) atoms. The van der Waals surface area contributed by atoms with Gasteiger partial charge in [0.25, 0.3) is 0 Å². The van der Waals surface area contributed by atoms with Crippen LogP contribution < -0.4 is 15.4 Å². The summed E-state index contributed by atoms with van der Waals surface area (Å²) < 4.78 is 9.80. The van der Waals surface area contributed by atoms with Crippen LogP contribution in [0.25, 0.3) is 0 Å². The van der Waals surface area contributed by atoms with Crippen LogP contribution in [-0.4, -0.2) is 45.8 Å². The van der Waals surface area contributed by atoms with Gasteiger partial charge in [-0.15, -0.1) is 24.0 Å². The van der Waals surface area contributed by atoms with Gasteiger partial charge < -0.3 is 20.1 Å². The molecule has 1 rings (SSSR count). The van der Waals surface area contributed by atoms with E-state index in [1.807, 2.05) is 19.1 Å². The van der Waals surface area contributed by atoms with Crippen LogP contribution in [-0.2, 0) is 9.53 Å². The molecule has 0 amide bonds. The maximum absolute atomic E-state index is 11.1. The number of nitrogens with zero attached hydrogens (tertiary/aromatic N) is 1. The molecule has 7 heteroatoms. The Bertz CT molecular complexity index is 521. The first-order valence-electron chi connectivity index (χ1n) is 8.33. The van der Waals surface area contributed by atoms with E-state index in [1.165, 1.54) is 12.7 Å². The maximum Gasteiger partial charge on any atom is 0.307 e. The van der Waals surface area contributed by atoms with Crippen molar-refractivity contribution in [3.05, 3.63) is 29.8 Å². The van der Waals surface area contributed by atoms with E-state index < -0.39 is 0 Å². The third-order valence-electron chi connectivity index (χ3n) is 3.71. The van der Waals surface area contributed by atoms with E-state index in [0.717, 1.165) is 24.7 Å². The van der Waals surface area contributed by atoms with Crippen molar-refractivity contribution in [2.24, 2.45) is 4.99 Å². The Balaban J connectivity index is 0.00000576. The van der Waals surface area contributed by atoms with Crippen LogP contribution in [0.2, 0.25) is 0 Å². The number of guanidine groups is 1. The molecule has 2 N–H and O–H groups in total. The Hall–Kier alpha value is -1.51. The number of halogens is 1. The average Bonchev–Trinajstić information content (AvgIpc) is 2.61. The third-order valence-corrected chi connectivity index (χ3v) is 3.71. The molecule has 0 aliphatic carbocycles. The number of rotatable bonds is 9. The van der Waals surface area contributed by atoms with Gasteiger partial charge in [-0.25, -0.2) is 0 Å². The lowest BCUT2D eigenvalue weighted by Gasteiger charge is -2.13. The average molecular weight is 463 g/mol. The van der Waals surface area contributed by atoms with Crippen LogP contribution >= 0.6 is 24.0 Å². The molecule has 142 valence electrons. The molecule has 6 nitrogen and oxygen atoms in total. The highest BCUT2D eigenvalue weighted by Gasteiger charge is 2.06. The fourth-order valence-electron chi connectivity index (χ4n) is 2.20. The molecule has 1 aromatic rings. The van der Waals surface area contributed by atoms with Crippen molar-refractivity contribution in [2.45, 2.75) is 32.6 Å². The number of hydrogen-bond acceptors (Lipinski definition) is 4. The summed E-state index contributed by atoms with van der Waals surface area (Å²) >= 11 is 0. The Morgan fingerprint density at radius 2 is 1.88 bits per heavy atom. The molecule has 0 heterocycles. The predicted octanol–water partition coefficient (Wildman–Crippen LogP) is 2.93. The van der Waals surface area contributed by atoms with Gasteiger partial charge in [-0.05, 0) is 37.0 Å². The molecule has 1 atom stereocenters. The summed E-state index contributed by atoms with van der Waals surface area (Å²) in [6.07, 6.45) is 1.27. The molecule has 0 saturated carbocycles. The van der Waals surface area contributed by atoms with Crippen molar-refractivity contribution >= 4 is 35.9 Å². The topological polar surface area (TPSA) is 72.0 Å². The SMILES string of the molecule is CCNC(=NCCC(C)c1ccc(OC)cc1)NCCC(=O)OC.I. The summed E-state index contributed by atoms with van der Waals surface area (Å²) in [5.74, 6) is 1.78. The largest absolute Gasteiger partial charge is 0.497 e. The summed E-state index contributed by atoms with van der Waals surface area (Å²) in [7, 11) is 3.06. The highest BCUT2D eigenvalue weighted by Crippen LogP contribution is 2.21. The number of esters is 1. The van der Waals surface area contributed by atoms with Crippen molar-refractivity contribution in [3.63, 3.8) is 0 Å². The molecular weight excluding hydrogens is 433 g/mol. The summed E-state index contributed by atoms with van der Waals surface area (Å²) in [6, 6.07) is 8.14. The van der Waals surface area contributed by atoms with Crippen LogP contribution in [0, 0.1) is 0 Å². The van der Waals surface area contributed by atoms with Crippen molar-refractivity contribution < 1.29 is 14.3 Å². The normalized spacial score (nSPS) is 11.9. The first-order chi connectivity index (χ1) is 11.6. The van der Waals surface area contributed by atoms with E-state index in [4.69, 9.17) is 4.74 Å². The number of hydrogen-bond donors (Lipinski definition) is 2. The van der Waals surface area contributed by atoms with Crippen molar-refractivity contribution in [3.8, 4) is 5.75 Å². The molecule has 0 saturated heterocycles. The molecule has 0 spiro atoms. The Morgan fingerprint density at radius 1 is 1.20 bits per heavy atom. The number of carbonyl (C=O) groups is 1. The van der Waals surface area contributed by atoms with E-state index in [1.54, 1.807) is 7.11 Å². The van der Waals surface area contributed by atoms with Gasteiger partial charge >= 0.3 is 5.97 Å². The fraction of sp³-hybridized carbons (Fsp3) is 0.556. The summed E-state index contributed by atoms with van der Waals surface area (Å²) in [5.41, 5.74) is 1.27. The Kier molecular flexibility index (Phi) is 12.9. The molecule has 0 aliphatic heterocycles. The zero-order valence-electron chi connectivity index (χ0n) is 15.5. The van der Waals surface area contributed by atoms with Crippen molar-refractivity contribution in [2.75, 3.05) is 33.9 Å². The minimum Gasteiger partial charge on any atom is -0.497 e. The highest BCUT2D eigenvalue weighted by atomic mass is 127. The van der Waals surface area contributed by atoms with E-state index in [-0.39, 0.29) is 29.9 Å². The van der Waals surface area contributed by atoms with Gasteiger partial charge in [0, 0.05) is 19.6 Å². The molecule has 0 aliphatic rings. The first kappa shape index (κ1) is 23.5. The van der Waals surface area contributed by atoms with Crippen LogP contribution in [0.3, 0.4) is 0 Å². The molecule has 1 aromatic carbocycles. The number of carbonyl (C=O) groups excluding carboxylic acids is 1. The fourth-order valence-corrected chi connectivity index (χ4v) is 2.20. The summed E-state index contributed by atoms with van der Waals surface area (Å²) in [4.78, 5) is 15.7. The highest BCUT2D eigenvalue weighted by molar-refractivity contribution is 14.0. The monoisotopic (exact) mass is 463 g/mol. The summed E-state index contributed by atoms with van der Waals surface area (Å²) in [6.45, 7) is 6.19.